The van der Waals surface area contributed by atoms with Gasteiger partial charge in [-0.15, -0.1) is 11.3 Å². The van der Waals surface area contributed by atoms with E-state index in [0.717, 1.165) is 32.9 Å². The first-order chi connectivity index (χ1) is 21.5. The van der Waals surface area contributed by atoms with Crippen molar-refractivity contribution in [3.05, 3.63) is 95.8 Å². The van der Waals surface area contributed by atoms with Crippen molar-refractivity contribution in [3.8, 4) is 33.0 Å². The van der Waals surface area contributed by atoms with Crippen LogP contribution in [0.4, 0.5) is 10.1 Å². The fourth-order valence-corrected chi connectivity index (χ4v) is 6.91. The second kappa shape index (κ2) is 12.1. The van der Waals surface area contributed by atoms with E-state index in [1.807, 2.05) is 44.4 Å². The lowest BCUT2D eigenvalue weighted by Crippen LogP contribution is -2.18. The van der Waals surface area contributed by atoms with Gasteiger partial charge in [-0.2, -0.15) is 0 Å². The molecule has 0 saturated heterocycles. The number of benzene rings is 4. The van der Waals surface area contributed by atoms with Crippen molar-refractivity contribution in [2.24, 2.45) is 0 Å². The van der Waals surface area contributed by atoms with Gasteiger partial charge in [-0.3, -0.25) is 9.52 Å². The SMILES string of the molecule is CCS(=O)(=O)Nc1cc2oc(-c3ccc(F)cc3)c(C(=O)NC)c2cc1-c1cccc(-c2nc3ccc(CN(C)C)cc3s2)c1. The summed E-state index contributed by atoms with van der Waals surface area (Å²) in [7, 11) is 1.91. The number of carbonyl (C=O) groups excluding carboxylic acids is 1. The zero-order chi connectivity index (χ0) is 31.9. The van der Waals surface area contributed by atoms with Gasteiger partial charge in [0.15, 0.2) is 0 Å². The Balaban J connectivity index is 1.52. The Morgan fingerprint density at radius 2 is 1.73 bits per heavy atom. The number of halogens is 1. The molecule has 0 aliphatic carbocycles. The highest BCUT2D eigenvalue weighted by molar-refractivity contribution is 7.92. The van der Waals surface area contributed by atoms with Gasteiger partial charge in [0.05, 0.1) is 27.2 Å². The van der Waals surface area contributed by atoms with E-state index < -0.39 is 21.7 Å². The number of amides is 1. The molecule has 0 aliphatic rings. The number of anilines is 1. The fraction of sp³-hybridized carbons (Fsp3) is 0.176. The zero-order valence-electron chi connectivity index (χ0n) is 25.1. The topological polar surface area (TPSA) is 105 Å². The highest BCUT2D eigenvalue weighted by Gasteiger charge is 2.25. The van der Waals surface area contributed by atoms with Gasteiger partial charge in [0.1, 0.15) is 22.2 Å². The third-order valence-corrected chi connectivity index (χ3v) is 9.76. The summed E-state index contributed by atoms with van der Waals surface area (Å²) >= 11 is 1.59. The molecule has 45 heavy (non-hydrogen) atoms. The zero-order valence-corrected chi connectivity index (χ0v) is 26.8. The molecule has 0 atom stereocenters. The molecule has 6 aromatic rings. The summed E-state index contributed by atoms with van der Waals surface area (Å²) < 4.78 is 49.2. The Morgan fingerprint density at radius 1 is 0.978 bits per heavy atom. The number of hydrogen-bond donors (Lipinski definition) is 2. The van der Waals surface area contributed by atoms with Crippen LogP contribution in [-0.4, -0.2) is 51.1 Å². The quantitative estimate of drug-likeness (QED) is 0.171. The summed E-state index contributed by atoms with van der Waals surface area (Å²) in [5.74, 6) is -0.688. The summed E-state index contributed by atoms with van der Waals surface area (Å²) in [6.07, 6.45) is 0. The van der Waals surface area contributed by atoms with Crippen LogP contribution < -0.4 is 10.0 Å². The highest BCUT2D eigenvalue weighted by Crippen LogP contribution is 2.41. The maximum absolute atomic E-state index is 13.7. The largest absolute Gasteiger partial charge is 0.455 e. The molecule has 0 aliphatic heterocycles. The highest BCUT2D eigenvalue weighted by atomic mass is 32.2. The van der Waals surface area contributed by atoms with Gasteiger partial charge in [-0.1, -0.05) is 24.3 Å². The van der Waals surface area contributed by atoms with Gasteiger partial charge in [0, 0.05) is 41.7 Å². The molecule has 1 amide bonds. The van der Waals surface area contributed by atoms with E-state index in [4.69, 9.17) is 9.40 Å². The van der Waals surface area contributed by atoms with E-state index in [9.17, 15) is 17.6 Å². The lowest BCUT2D eigenvalue weighted by atomic mass is 9.97. The van der Waals surface area contributed by atoms with Crippen molar-refractivity contribution in [3.63, 3.8) is 0 Å². The van der Waals surface area contributed by atoms with Gasteiger partial charge in [-0.25, -0.2) is 17.8 Å². The van der Waals surface area contributed by atoms with E-state index in [1.54, 1.807) is 30.4 Å². The Morgan fingerprint density at radius 3 is 2.44 bits per heavy atom. The van der Waals surface area contributed by atoms with E-state index in [2.05, 4.69) is 27.1 Å². The van der Waals surface area contributed by atoms with E-state index >= 15 is 0 Å². The first-order valence-corrected chi connectivity index (χ1v) is 16.8. The van der Waals surface area contributed by atoms with Crippen molar-refractivity contribution in [2.75, 3.05) is 31.6 Å². The predicted octanol–water partition coefficient (Wildman–Crippen LogP) is 7.37. The van der Waals surface area contributed by atoms with Crippen molar-refractivity contribution < 1.29 is 22.0 Å². The minimum absolute atomic E-state index is 0.130. The van der Waals surface area contributed by atoms with Crippen LogP contribution in [-0.2, 0) is 16.6 Å². The van der Waals surface area contributed by atoms with Gasteiger partial charge in [-0.05, 0) is 80.7 Å². The third-order valence-electron chi connectivity index (χ3n) is 7.41. The number of nitrogens with zero attached hydrogens (tertiary/aromatic N) is 2. The number of sulfonamides is 1. The average Bonchev–Trinajstić information content (AvgIpc) is 3.61. The van der Waals surface area contributed by atoms with Crippen LogP contribution in [0.5, 0.6) is 0 Å². The van der Waals surface area contributed by atoms with Crippen LogP contribution in [0.1, 0.15) is 22.8 Å². The van der Waals surface area contributed by atoms with Gasteiger partial charge in [0.2, 0.25) is 10.0 Å². The van der Waals surface area contributed by atoms with Crippen LogP contribution in [0, 0.1) is 5.82 Å². The number of nitrogens with one attached hydrogen (secondary N) is 2. The molecule has 2 aromatic heterocycles. The number of hydrogen-bond acceptors (Lipinski definition) is 7. The van der Waals surface area contributed by atoms with Crippen LogP contribution in [0.15, 0.2) is 83.3 Å². The minimum atomic E-state index is -3.67. The second-order valence-electron chi connectivity index (χ2n) is 10.9. The Hall–Kier alpha value is -4.58. The minimum Gasteiger partial charge on any atom is -0.455 e. The van der Waals surface area contributed by atoms with Crippen molar-refractivity contribution in [1.29, 1.82) is 0 Å². The van der Waals surface area contributed by atoms with Gasteiger partial charge >= 0.3 is 0 Å². The summed E-state index contributed by atoms with van der Waals surface area (Å²) in [6.45, 7) is 2.38. The molecule has 0 spiro atoms. The average molecular weight is 643 g/mol. The van der Waals surface area contributed by atoms with Crippen molar-refractivity contribution >= 4 is 54.1 Å². The second-order valence-corrected chi connectivity index (χ2v) is 14.0. The van der Waals surface area contributed by atoms with Crippen molar-refractivity contribution in [2.45, 2.75) is 13.5 Å². The molecule has 0 radical (unpaired) electrons. The molecule has 4 aromatic carbocycles. The molecule has 2 N–H and O–H groups in total. The molecule has 0 bridgehead atoms. The molecule has 0 fully saturated rings. The Labute approximate surface area is 264 Å². The maximum Gasteiger partial charge on any atom is 0.255 e. The fourth-order valence-electron chi connectivity index (χ4n) is 5.24. The first-order valence-electron chi connectivity index (χ1n) is 14.3. The molecule has 2 heterocycles. The summed E-state index contributed by atoms with van der Waals surface area (Å²) in [6, 6.07) is 23.0. The molecule has 11 heteroatoms. The number of rotatable bonds is 9. The lowest BCUT2D eigenvalue weighted by molar-refractivity contribution is 0.0964. The molecule has 0 unspecified atom stereocenters. The third kappa shape index (κ3) is 6.19. The molecule has 8 nitrogen and oxygen atoms in total. The van der Waals surface area contributed by atoms with Crippen LogP contribution in [0.2, 0.25) is 0 Å². The molecule has 0 saturated carbocycles. The number of thiazole rings is 1. The molecular formula is C34H31FN4O4S2. The Kier molecular flexibility index (Phi) is 8.17. The maximum atomic E-state index is 13.7. The predicted molar refractivity (Wildman–Crippen MR) is 180 cm³/mol. The number of carbonyl (C=O) groups is 1. The molecular weight excluding hydrogens is 612 g/mol. The Bertz CT molecular complexity index is 2170. The van der Waals surface area contributed by atoms with Crippen molar-refractivity contribution in [1.82, 2.24) is 15.2 Å². The van der Waals surface area contributed by atoms with Gasteiger partial charge < -0.3 is 14.6 Å². The summed E-state index contributed by atoms with van der Waals surface area (Å²) in [4.78, 5) is 20.2. The lowest BCUT2D eigenvalue weighted by Gasteiger charge is -2.13. The number of furan rings is 1. The van der Waals surface area contributed by atoms with Gasteiger partial charge in [0.25, 0.3) is 5.91 Å². The number of aromatic nitrogens is 1. The molecule has 6 rings (SSSR count). The van der Waals surface area contributed by atoms with E-state index in [-0.39, 0.29) is 17.1 Å². The normalized spacial score (nSPS) is 11.9. The van der Waals surface area contributed by atoms with E-state index in [0.29, 0.717) is 27.8 Å². The van der Waals surface area contributed by atoms with Crippen LogP contribution in [0.25, 0.3) is 54.2 Å². The first kappa shape index (κ1) is 30.4. The summed E-state index contributed by atoms with van der Waals surface area (Å²) in [5, 5.41) is 3.99. The monoisotopic (exact) mass is 642 g/mol. The number of fused-ring (bicyclic) bond motifs is 2. The van der Waals surface area contributed by atoms with Crippen LogP contribution in [0.3, 0.4) is 0 Å². The van der Waals surface area contributed by atoms with Crippen LogP contribution >= 0.6 is 11.3 Å². The standard InChI is InChI=1S/C34H31FN4O4S2/c1-5-45(41,42)38-28-18-29-26(31(33(40)36-2)32(43-29)21-10-12-24(35)13-11-21)17-25(28)22-7-6-8-23(16-22)34-37-27-14-9-20(19-39(3)4)15-30(27)44-34/h6-18,38H,5,19H2,1-4H3,(H,36,40). The van der Waals surface area contributed by atoms with E-state index in [1.165, 1.54) is 36.9 Å². The smallest absolute Gasteiger partial charge is 0.255 e. The summed E-state index contributed by atoms with van der Waals surface area (Å²) in [5.41, 5.74) is 5.65. The molecule has 230 valence electrons.